The van der Waals surface area contributed by atoms with Gasteiger partial charge < -0.3 is 19.9 Å². The summed E-state index contributed by atoms with van der Waals surface area (Å²) in [6.07, 6.45) is 6.39. The lowest BCUT2D eigenvalue weighted by atomic mass is 10.1. The molecule has 1 atom stereocenters. The van der Waals surface area contributed by atoms with Gasteiger partial charge in [0.15, 0.2) is 0 Å². The van der Waals surface area contributed by atoms with Crippen molar-refractivity contribution in [2.75, 3.05) is 30.9 Å². The minimum atomic E-state index is -0.0432. The zero-order chi connectivity index (χ0) is 22.2. The number of rotatable bonds is 4. The fraction of sp³-hybridized carbons (Fsp3) is 0.261. The molecule has 0 bridgehead atoms. The van der Waals surface area contributed by atoms with E-state index in [1.807, 2.05) is 18.2 Å². The molecule has 32 heavy (non-hydrogen) atoms. The molecular formula is C23H22N6O3. The lowest BCUT2D eigenvalue weighted by Crippen LogP contribution is -2.40. The van der Waals surface area contributed by atoms with Crippen LogP contribution in [0, 0.1) is 0 Å². The summed E-state index contributed by atoms with van der Waals surface area (Å²) < 4.78 is 5.70. The molecule has 2 aliphatic heterocycles. The highest BCUT2D eigenvalue weighted by molar-refractivity contribution is 5.98. The van der Waals surface area contributed by atoms with Crippen LogP contribution in [0.4, 0.5) is 17.3 Å². The Morgan fingerprint density at radius 1 is 1.09 bits per heavy atom. The summed E-state index contributed by atoms with van der Waals surface area (Å²) in [7, 11) is 3.45. The predicted octanol–water partition coefficient (Wildman–Crippen LogP) is 2.87. The molecule has 1 N–H and O–H groups in total. The second kappa shape index (κ2) is 7.92. The summed E-state index contributed by atoms with van der Waals surface area (Å²) in [6, 6.07) is 9.24. The Morgan fingerprint density at radius 3 is 2.56 bits per heavy atom. The monoisotopic (exact) mass is 430 g/mol. The van der Waals surface area contributed by atoms with E-state index in [0.29, 0.717) is 41.8 Å². The van der Waals surface area contributed by atoms with Crippen molar-refractivity contribution in [3.8, 4) is 17.0 Å². The molecule has 1 saturated heterocycles. The zero-order valence-corrected chi connectivity index (χ0v) is 17.8. The number of nitrogens with one attached hydrogen (secondary N) is 1. The van der Waals surface area contributed by atoms with Crippen molar-refractivity contribution in [2.24, 2.45) is 0 Å². The van der Waals surface area contributed by atoms with E-state index in [4.69, 9.17) is 4.74 Å². The van der Waals surface area contributed by atoms with Crippen LogP contribution >= 0.6 is 0 Å². The van der Waals surface area contributed by atoms with Gasteiger partial charge in [-0.15, -0.1) is 0 Å². The maximum atomic E-state index is 12.3. The van der Waals surface area contributed by atoms with E-state index in [1.54, 1.807) is 54.6 Å². The summed E-state index contributed by atoms with van der Waals surface area (Å²) in [5.41, 5.74) is 3.73. The normalized spacial score (nSPS) is 16.8. The van der Waals surface area contributed by atoms with E-state index in [1.165, 1.54) is 0 Å². The summed E-state index contributed by atoms with van der Waals surface area (Å²) >= 11 is 0. The number of amides is 2. The first-order valence-electron chi connectivity index (χ1n) is 10.4. The van der Waals surface area contributed by atoms with Gasteiger partial charge in [0.1, 0.15) is 12.3 Å². The van der Waals surface area contributed by atoms with E-state index >= 15 is 0 Å². The Hall–Kier alpha value is -4.01. The SMILES string of the molecule is CN(C)C(=O)c1ccc(-c2cnc(Nc3cnc4c(c3)N3C(=O)CC[C@H]3CO4)nc2)cc1. The van der Waals surface area contributed by atoms with E-state index in [0.717, 1.165) is 17.5 Å². The molecule has 9 nitrogen and oxygen atoms in total. The Kier molecular flexibility index (Phi) is 4.93. The van der Waals surface area contributed by atoms with Gasteiger partial charge in [0, 0.05) is 44.0 Å². The number of hydrogen-bond acceptors (Lipinski definition) is 7. The van der Waals surface area contributed by atoms with Crippen LogP contribution in [0.3, 0.4) is 0 Å². The van der Waals surface area contributed by atoms with E-state index in [2.05, 4.69) is 20.3 Å². The number of carbonyl (C=O) groups is 2. The molecule has 1 aromatic carbocycles. The number of fused-ring (bicyclic) bond motifs is 3. The Bertz CT molecular complexity index is 1180. The maximum Gasteiger partial charge on any atom is 0.253 e. The molecular weight excluding hydrogens is 408 g/mol. The average Bonchev–Trinajstić information content (AvgIpc) is 3.20. The molecule has 0 radical (unpaired) electrons. The van der Waals surface area contributed by atoms with Crippen LogP contribution in [0.25, 0.3) is 11.1 Å². The zero-order valence-electron chi connectivity index (χ0n) is 17.8. The van der Waals surface area contributed by atoms with Crippen molar-refractivity contribution in [2.45, 2.75) is 18.9 Å². The number of anilines is 3. The van der Waals surface area contributed by atoms with Crippen molar-refractivity contribution in [3.63, 3.8) is 0 Å². The average molecular weight is 430 g/mol. The Morgan fingerprint density at radius 2 is 1.84 bits per heavy atom. The second-order valence-electron chi connectivity index (χ2n) is 8.01. The largest absolute Gasteiger partial charge is 0.474 e. The van der Waals surface area contributed by atoms with Gasteiger partial charge in [0.2, 0.25) is 17.7 Å². The highest BCUT2D eigenvalue weighted by atomic mass is 16.5. The smallest absolute Gasteiger partial charge is 0.253 e. The standard InChI is InChI=1S/C23H22N6O3/c1-28(2)22(31)15-5-3-14(4-6-15)16-10-25-23(26-11-16)27-17-9-19-21(24-12-17)32-13-18-7-8-20(30)29(18)19/h3-6,9-12,18H,7-8,13H2,1-2H3,(H,25,26,27)/t18-/m0/s1. The van der Waals surface area contributed by atoms with Crippen LogP contribution in [0.5, 0.6) is 5.88 Å². The lowest BCUT2D eigenvalue weighted by molar-refractivity contribution is -0.117. The molecule has 0 saturated carbocycles. The van der Waals surface area contributed by atoms with Gasteiger partial charge in [-0.05, 0) is 30.2 Å². The van der Waals surface area contributed by atoms with Crippen LogP contribution in [-0.4, -0.2) is 58.4 Å². The molecule has 0 aliphatic carbocycles. The van der Waals surface area contributed by atoms with Gasteiger partial charge in [-0.2, -0.15) is 0 Å². The van der Waals surface area contributed by atoms with E-state index < -0.39 is 0 Å². The highest BCUT2D eigenvalue weighted by Gasteiger charge is 2.38. The van der Waals surface area contributed by atoms with Crippen LogP contribution in [-0.2, 0) is 4.79 Å². The van der Waals surface area contributed by atoms with E-state index in [-0.39, 0.29) is 17.9 Å². The number of nitrogens with zero attached hydrogens (tertiary/aromatic N) is 5. The van der Waals surface area contributed by atoms with Gasteiger partial charge in [-0.1, -0.05) is 12.1 Å². The molecule has 2 aromatic heterocycles. The van der Waals surface area contributed by atoms with Crippen molar-refractivity contribution in [1.29, 1.82) is 0 Å². The third kappa shape index (κ3) is 3.62. The molecule has 2 amide bonds. The lowest BCUT2D eigenvalue weighted by Gasteiger charge is -2.31. The molecule has 0 unspecified atom stereocenters. The number of ether oxygens (including phenoxy) is 1. The third-order valence-electron chi connectivity index (χ3n) is 5.61. The highest BCUT2D eigenvalue weighted by Crippen LogP contribution is 2.38. The number of carbonyl (C=O) groups excluding carboxylic acids is 2. The molecule has 162 valence electrons. The number of hydrogen-bond donors (Lipinski definition) is 1. The summed E-state index contributed by atoms with van der Waals surface area (Å²) in [6.45, 7) is 0.480. The first kappa shape index (κ1) is 19.9. The minimum Gasteiger partial charge on any atom is -0.474 e. The van der Waals surface area contributed by atoms with Gasteiger partial charge in [0.05, 0.1) is 17.9 Å². The second-order valence-corrected chi connectivity index (χ2v) is 8.01. The molecule has 9 heteroatoms. The number of pyridine rings is 1. The first-order chi connectivity index (χ1) is 15.5. The Balaban J connectivity index is 1.32. The number of aromatic nitrogens is 3. The van der Waals surface area contributed by atoms with Gasteiger partial charge in [0.25, 0.3) is 5.91 Å². The van der Waals surface area contributed by atoms with Gasteiger partial charge in [-0.3, -0.25) is 9.59 Å². The quantitative estimate of drug-likeness (QED) is 0.679. The Labute approximate surface area is 185 Å². The van der Waals surface area contributed by atoms with Crippen molar-refractivity contribution >= 4 is 29.1 Å². The summed E-state index contributed by atoms with van der Waals surface area (Å²) in [4.78, 5) is 40.8. The predicted molar refractivity (Wildman–Crippen MR) is 119 cm³/mol. The molecule has 4 heterocycles. The van der Waals surface area contributed by atoms with Crippen LogP contribution in [0.15, 0.2) is 48.9 Å². The van der Waals surface area contributed by atoms with Gasteiger partial charge in [-0.25, -0.2) is 15.0 Å². The van der Waals surface area contributed by atoms with Gasteiger partial charge >= 0.3 is 0 Å². The molecule has 5 rings (SSSR count). The minimum absolute atomic E-state index is 0.0432. The van der Waals surface area contributed by atoms with Crippen molar-refractivity contribution in [3.05, 3.63) is 54.5 Å². The van der Waals surface area contributed by atoms with Crippen molar-refractivity contribution < 1.29 is 14.3 Å². The van der Waals surface area contributed by atoms with Crippen LogP contribution in [0.1, 0.15) is 23.2 Å². The van der Waals surface area contributed by atoms with Crippen LogP contribution < -0.4 is 15.0 Å². The van der Waals surface area contributed by atoms with Crippen molar-refractivity contribution in [1.82, 2.24) is 19.9 Å². The maximum absolute atomic E-state index is 12.3. The van der Waals surface area contributed by atoms with E-state index in [9.17, 15) is 9.59 Å². The molecule has 1 fully saturated rings. The summed E-state index contributed by atoms with van der Waals surface area (Å²) in [5, 5.41) is 3.14. The summed E-state index contributed by atoms with van der Waals surface area (Å²) in [5.74, 6) is 0.932. The van der Waals surface area contributed by atoms with Crippen LogP contribution in [0.2, 0.25) is 0 Å². The first-order valence-corrected chi connectivity index (χ1v) is 10.4. The molecule has 3 aromatic rings. The number of benzene rings is 1. The fourth-order valence-corrected chi connectivity index (χ4v) is 3.93. The molecule has 2 aliphatic rings. The third-order valence-corrected chi connectivity index (χ3v) is 5.61. The molecule has 0 spiro atoms. The topological polar surface area (TPSA) is 101 Å². The fourth-order valence-electron chi connectivity index (χ4n) is 3.93.